The van der Waals surface area contributed by atoms with E-state index < -0.39 is 14.2 Å². The highest BCUT2D eigenvalue weighted by Crippen LogP contribution is 2.25. The van der Waals surface area contributed by atoms with E-state index in [1.165, 1.54) is 11.5 Å². The van der Waals surface area contributed by atoms with Crippen molar-refractivity contribution < 1.29 is 20.1 Å². The number of hydrogen-bond acceptors (Lipinski definition) is 6. The Hall–Kier alpha value is -2.45. The molecule has 4 N–H and O–H groups in total. The molecule has 0 amide bonds. The molecule has 6 nitrogen and oxygen atoms in total. The number of unbranched alkanes of at least 4 members (excludes halogenated alkanes) is 3. The molecule has 5 radical (unpaired) electrons. The van der Waals surface area contributed by atoms with Gasteiger partial charge in [-0.05, 0) is 85.1 Å². The summed E-state index contributed by atoms with van der Waals surface area (Å²) in [7, 11) is -2.95. The molecule has 0 unspecified atom stereocenters. The Bertz CT molecular complexity index is 1160. The third-order valence-electron chi connectivity index (χ3n) is 7.54. The van der Waals surface area contributed by atoms with Crippen molar-refractivity contribution in [3.05, 3.63) is 127 Å². The molecule has 0 aliphatic heterocycles. The molecule has 3 aromatic rings. The van der Waals surface area contributed by atoms with Crippen LogP contribution >= 0.6 is 0 Å². The maximum Gasteiger partial charge on any atom is 0.488 e. The molecule has 4 rings (SSSR count). The molecule has 1 saturated carbocycles. The van der Waals surface area contributed by atoms with Crippen LogP contribution in [0.15, 0.2) is 78.9 Å². The van der Waals surface area contributed by atoms with Gasteiger partial charge >= 0.3 is 14.2 Å². The molecule has 0 atom stereocenters. The fraction of sp³-hybridized carbons (Fsp3) is 0.303. The molecule has 0 bridgehead atoms. The molecule has 0 spiro atoms. The van der Waals surface area contributed by atoms with Gasteiger partial charge in [-0.2, -0.15) is 0 Å². The largest absolute Gasteiger partial charge is 0.488 e. The highest BCUT2D eigenvalue weighted by atomic mass is 16.4. The minimum atomic E-state index is -1.48. The average Bonchev–Trinajstić information content (AvgIpc) is 3.48. The molecule has 0 heterocycles. The van der Waals surface area contributed by atoms with Gasteiger partial charge in [0.05, 0.1) is 0 Å². The van der Waals surface area contributed by atoms with Crippen molar-refractivity contribution in [3.63, 3.8) is 0 Å². The molecule has 213 valence electrons. The lowest BCUT2D eigenvalue weighted by Gasteiger charge is -2.26. The summed E-state index contributed by atoms with van der Waals surface area (Å²) in [5.74, 6) is 1.26. The van der Waals surface area contributed by atoms with Crippen molar-refractivity contribution in [1.82, 2.24) is 9.80 Å². The molecule has 41 heavy (non-hydrogen) atoms. The Labute approximate surface area is 246 Å². The topological polar surface area (TPSA) is 87.4 Å². The van der Waals surface area contributed by atoms with Crippen molar-refractivity contribution in [2.45, 2.75) is 45.3 Å². The summed E-state index contributed by atoms with van der Waals surface area (Å²) in [5, 5.41) is 39.4. The van der Waals surface area contributed by atoms with Crippen LogP contribution in [0.1, 0.15) is 42.4 Å². The quantitative estimate of drug-likeness (QED) is 0.153. The van der Waals surface area contributed by atoms with Crippen LogP contribution < -0.4 is 10.9 Å². The van der Waals surface area contributed by atoms with Gasteiger partial charge in [0.2, 0.25) is 0 Å². The van der Waals surface area contributed by atoms with E-state index >= 15 is 0 Å². The Kier molecular flexibility index (Phi) is 12.9. The van der Waals surface area contributed by atoms with Gasteiger partial charge in [0.15, 0.2) is 0 Å². The first-order valence-corrected chi connectivity index (χ1v) is 14.6. The van der Waals surface area contributed by atoms with Gasteiger partial charge in [0.25, 0.3) is 0 Å². The second kappa shape index (κ2) is 16.9. The molecule has 1 fully saturated rings. The first-order chi connectivity index (χ1) is 20.0. The van der Waals surface area contributed by atoms with Crippen LogP contribution in [0, 0.1) is 31.6 Å². The van der Waals surface area contributed by atoms with Gasteiger partial charge in [-0.15, -0.1) is 0 Å². The Balaban J connectivity index is 1.29. The molecule has 0 aromatic heterocycles. The van der Waals surface area contributed by atoms with Crippen LogP contribution in [0.2, 0.25) is 0 Å². The fourth-order valence-corrected chi connectivity index (χ4v) is 5.41. The van der Waals surface area contributed by atoms with Gasteiger partial charge in [-0.1, -0.05) is 91.7 Å². The summed E-state index contributed by atoms with van der Waals surface area (Å²) < 4.78 is 0. The predicted octanol–water partition coefficient (Wildman–Crippen LogP) is 2.52. The van der Waals surface area contributed by atoms with E-state index in [4.69, 9.17) is 0 Å². The van der Waals surface area contributed by atoms with Crippen LogP contribution in [-0.2, 0) is 19.6 Å². The van der Waals surface area contributed by atoms with Crippen molar-refractivity contribution in [2.24, 2.45) is 0 Å². The van der Waals surface area contributed by atoms with Gasteiger partial charge in [0, 0.05) is 26.2 Å². The van der Waals surface area contributed by atoms with E-state index in [0.29, 0.717) is 24.0 Å². The summed E-state index contributed by atoms with van der Waals surface area (Å²) in [6, 6.07) is 25.5. The van der Waals surface area contributed by atoms with E-state index in [0.717, 1.165) is 63.0 Å². The number of hydrogen-bond donors (Lipinski definition) is 4. The van der Waals surface area contributed by atoms with E-state index in [1.807, 2.05) is 42.5 Å². The lowest BCUT2D eigenvalue weighted by atomic mass is 9.77. The zero-order chi connectivity index (χ0) is 28.9. The highest BCUT2D eigenvalue weighted by Gasteiger charge is 2.22. The zero-order valence-corrected chi connectivity index (χ0v) is 23.7. The van der Waals surface area contributed by atoms with E-state index in [2.05, 4.69) is 59.7 Å². The normalized spacial score (nSPS) is 13.8. The van der Waals surface area contributed by atoms with E-state index in [-0.39, 0.29) is 0 Å². The monoisotopic (exact) mass is 551 g/mol. The third kappa shape index (κ3) is 10.4. The van der Waals surface area contributed by atoms with Crippen LogP contribution in [0.3, 0.4) is 0 Å². The smallest absolute Gasteiger partial charge is 0.423 e. The molecular formula is C33H41B2N2O4. The van der Waals surface area contributed by atoms with Gasteiger partial charge in [0.1, 0.15) is 0 Å². The molecular weight excluding hydrogens is 510 g/mol. The van der Waals surface area contributed by atoms with Crippen molar-refractivity contribution >= 4 is 25.2 Å². The zero-order valence-electron chi connectivity index (χ0n) is 23.7. The number of rotatable bonds is 17. The lowest BCUT2D eigenvalue weighted by molar-refractivity contribution is 0.246. The lowest BCUT2D eigenvalue weighted by Crippen LogP contribution is -2.37. The van der Waals surface area contributed by atoms with Crippen LogP contribution in [-0.4, -0.2) is 63.8 Å². The van der Waals surface area contributed by atoms with Gasteiger partial charge in [-0.3, -0.25) is 9.80 Å². The van der Waals surface area contributed by atoms with Crippen molar-refractivity contribution in [1.29, 1.82) is 0 Å². The van der Waals surface area contributed by atoms with Gasteiger partial charge < -0.3 is 20.1 Å². The molecule has 0 saturated heterocycles. The average molecular weight is 551 g/mol. The minimum Gasteiger partial charge on any atom is -0.423 e. The van der Waals surface area contributed by atoms with Gasteiger partial charge in [-0.25, -0.2) is 0 Å². The van der Waals surface area contributed by atoms with E-state index in [1.54, 1.807) is 12.1 Å². The van der Waals surface area contributed by atoms with Crippen LogP contribution in [0.25, 0.3) is 0 Å². The molecule has 3 aromatic carbocycles. The Morgan fingerprint density at radius 2 is 0.951 bits per heavy atom. The van der Waals surface area contributed by atoms with Crippen molar-refractivity contribution in [3.8, 4) is 0 Å². The first-order valence-electron chi connectivity index (χ1n) is 14.6. The summed E-state index contributed by atoms with van der Waals surface area (Å²) in [6.45, 7) is 4.80. The maximum absolute atomic E-state index is 9.85. The van der Waals surface area contributed by atoms with Crippen LogP contribution in [0.5, 0.6) is 0 Å². The minimum absolute atomic E-state index is 0.561. The molecule has 8 heteroatoms. The molecule has 1 aliphatic carbocycles. The summed E-state index contributed by atoms with van der Waals surface area (Å²) in [5.41, 5.74) is 4.25. The fourth-order valence-electron chi connectivity index (χ4n) is 5.41. The van der Waals surface area contributed by atoms with E-state index in [9.17, 15) is 20.1 Å². The molecule has 1 aliphatic rings. The first kappa shape index (κ1) is 31.5. The summed E-state index contributed by atoms with van der Waals surface area (Å²) in [6.07, 6.45) is 12.7. The number of benzene rings is 3. The maximum atomic E-state index is 9.85. The second-order valence-corrected chi connectivity index (χ2v) is 10.8. The summed E-state index contributed by atoms with van der Waals surface area (Å²) in [4.78, 5) is 4.77. The Morgan fingerprint density at radius 3 is 1.46 bits per heavy atom. The predicted molar refractivity (Wildman–Crippen MR) is 167 cm³/mol. The third-order valence-corrected chi connectivity index (χ3v) is 7.54. The van der Waals surface area contributed by atoms with Crippen LogP contribution in [0.4, 0.5) is 0 Å². The standard InChI is InChI=1S/C33H41B2N2O4/c38-34(39)32-20-10-8-18-30(32)26-36(24-28-14-4-3-5-15-28)22-12-1-2-13-23-37(25-29-16-6-7-17-29)27-31-19-9-11-21-33(31)35(40)41/h3-11,14-21,38-41H,1-2,12-13,22-27H2. The second-order valence-electron chi connectivity index (χ2n) is 10.8. The van der Waals surface area contributed by atoms with Crippen molar-refractivity contribution in [2.75, 3.05) is 19.6 Å². The Morgan fingerprint density at radius 1 is 0.488 bits per heavy atom. The SMILES string of the molecule is OB(O)c1ccccc1CN(CCCCCCN(Cc1ccccc1)Cc1ccccc1B(O)O)C[C]1[CH][CH][CH][CH]1. The highest BCUT2D eigenvalue weighted by molar-refractivity contribution is 6.59. The summed E-state index contributed by atoms with van der Waals surface area (Å²) >= 11 is 0. The number of nitrogens with zero attached hydrogens (tertiary/aromatic N) is 2.